The SMILES string of the molecule is CC(C)c1cccc(NC(N)=NCc2ccnc(N(C)C)n2)c1.I. The molecule has 3 N–H and O–H groups in total. The second kappa shape index (κ2) is 9.41. The number of aliphatic imine (C=N–C) groups is 1. The van der Waals surface area contributed by atoms with E-state index in [0.29, 0.717) is 24.4 Å². The monoisotopic (exact) mass is 440 g/mol. The number of hydrogen-bond donors (Lipinski definition) is 2. The minimum Gasteiger partial charge on any atom is -0.370 e. The summed E-state index contributed by atoms with van der Waals surface area (Å²) in [5.74, 6) is 1.50. The van der Waals surface area contributed by atoms with Crippen molar-refractivity contribution in [1.82, 2.24) is 9.97 Å². The molecular formula is C17H25IN6. The third-order valence-corrected chi connectivity index (χ3v) is 3.34. The lowest BCUT2D eigenvalue weighted by atomic mass is 10.0. The topological polar surface area (TPSA) is 79.4 Å². The Morgan fingerprint density at radius 1 is 1.29 bits per heavy atom. The summed E-state index contributed by atoms with van der Waals surface area (Å²) in [6.45, 7) is 4.73. The van der Waals surface area contributed by atoms with E-state index in [1.807, 2.05) is 37.2 Å². The maximum absolute atomic E-state index is 5.96. The van der Waals surface area contributed by atoms with Crippen LogP contribution in [0.5, 0.6) is 0 Å². The molecule has 2 aromatic rings. The molecule has 1 aromatic heterocycles. The highest BCUT2D eigenvalue weighted by atomic mass is 127. The molecule has 0 atom stereocenters. The van der Waals surface area contributed by atoms with Crippen molar-refractivity contribution in [3.8, 4) is 0 Å². The van der Waals surface area contributed by atoms with Crippen LogP contribution < -0.4 is 16.0 Å². The lowest BCUT2D eigenvalue weighted by Crippen LogP contribution is -2.22. The predicted molar refractivity (Wildman–Crippen MR) is 111 cm³/mol. The van der Waals surface area contributed by atoms with Gasteiger partial charge in [-0.05, 0) is 29.7 Å². The molecule has 0 unspecified atom stereocenters. The van der Waals surface area contributed by atoms with Crippen molar-refractivity contribution in [2.24, 2.45) is 10.7 Å². The average molecular weight is 440 g/mol. The highest BCUT2D eigenvalue weighted by molar-refractivity contribution is 14.0. The second-order valence-electron chi connectivity index (χ2n) is 5.85. The highest BCUT2D eigenvalue weighted by Gasteiger charge is 2.03. The normalized spacial score (nSPS) is 11.1. The summed E-state index contributed by atoms with van der Waals surface area (Å²) in [7, 11) is 3.81. The van der Waals surface area contributed by atoms with Crippen LogP contribution >= 0.6 is 24.0 Å². The molecule has 0 saturated carbocycles. The predicted octanol–water partition coefficient (Wildman–Crippen LogP) is 3.21. The van der Waals surface area contributed by atoms with Crippen LogP contribution in [-0.2, 0) is 6.54 Å². The highest BCUT2D eigenvalue weighted by Crippen LogP contribution is 2.18. The van der Waals surface area contributed by atoms with Crippen LogP contribution in [0, 0.1) is 0 Å². The third kappa shape index (κ3) is 5.95. The molecule has 24 heavy (non-hydrogen) atoms. The summed E-state index contributed by atoms with van der Waals surface area (Å²) >= 11 is 0. The Hall–Kier alpha value is -1.90. The molecule has 2 rings (SSSR count). The van der Waals surface area contributed by atoms with E-state index in [2.05, 4.69) is 46.3 Å². The molecule has 0 bridgehead atoms. The van der Waals surface area contributed by atoms with Crippen LogP contribution in [0.3, 0.4) is 0 Å². The molecule has 0 aliphatic heterocycles. The molecule has 0 amide bonds. The van der Waals surface area contributed by atoms with Gasteiger partial charge in [-0.15, -0.1) is 24.0 Å². The molecule has 1 aromatic carbocycles. The number of nitrogens with one attached hydrogen (secondary N) is 1. The molecule has 0 fully saturated rings. The first-order valence-electron chi connectivity index (χ1n) is 7.62. The number of benzene rings is 1. The Kier molecular flexibility index (Phi) is 7.90. The Balaban J connectivity index is 0.00000288. The smallest absolute Gasteiger partial charge is 0.225 e. The van der Waals surface area contributed by atoms with E-state index in [0.717, 1.165) is 11.4 Å². The number of guanidine groups is 1. The van der Waals surface area contributed by atoms with Gasteiger partial charge in [0.25, 0.3) is 0 Å². The van der Waals surface area contributed by atoms with Crippen LogP contribution in [0.4, 0.5) is 11.6 Å². The van der Waals surface area contributed by atoms with Gasteiger partial charge < -0.3 is 16.0 Å². The largest absolute Gasteiger partial charge is 0.370 e. The number of nitrogens with zero attached hydrogens (tertiary/aromatic N) is 4. The van der Waals surface area contributed by atoms with Crippen molar-refractivity contribution < 1.29 is 0 Å². The molecule has 1 heterocycles. The summed E-state index contributed by atoms with van der Waals surface area (Å²) in [6, 6.07) is 10.0. The first-order valence-corrected chi connectivity index (χ1v) is 7.62. The summed E-state index contributed by atoms with van der Waals surface area (Å²) in [6.07, 6.45) is 1.73. The van der Waals surface area contributed by atoms with Gasteiger partial charge >= 0.3 is 0 Å². The second-order valence-corrected chi connectivity index (χ2v) is 5.85. The molecule has 0 spiro atoms. The van der Waals surface area contributed by atoms with Crippen molar-refractivity contribution in [2.75, 3.05) is 24.3 Å². The van der Waals surface area contributed by atoms with E-state index >= 15 is 0 Å². The minimum absolute atomic E-state index is 0. The number of rotatable bonds is 5. The Labute approximate surface area is 160 Å². The quantitative estimate of drug-likeness (QED) is 0.424. The Morgan fingerprint density at radius 3 is 2.71 bits per heavy atom. The standard InChI is InChI=1S/C17H24N6.HI/c1-12(2)13-6-5-7-14(10-13)21-16(18)20-11-15-8-9-19-17(22-15)23(3)4;/h5-10,12H,11H2,1-4H3,(H3,18,20,21);1H. The van der Waals surface area contributed by atoms with Gasteiger partial charge in [-0.2, -0.15) is 0 Å². The Morgan fingerprint density at radius 2 is 2.04 bits per heavy atom. The van der Waals surface area contributed by atoms with Crippen molar-refractivity contribution in [2.45, 2.75) is 26.3 Å². The average Bonchev–Trinajstić information content (AvgIpc) is 2.53. The zero-order valence-electron chi connectivity index (χ0n) is 14.5. The van der Waals surface area contributed by atoms with Gasteiger partial charge in [0.15, 0.2) is 5.96 Å². The number of aromatic nitrogens is 2. The van der Waals surface area contributed by atoms with Crippen molar-refractivity contribution >= 4 is 41.6 Å². The maximum Gasteiger partial charge on any atom is 0.225 e. The van der Waals surface area contributed by atoms with E-state index in [4.69, 9.17) is 5.73 Å². The van der Waals surface area contributed by atoms with E-state index in [9.17, 15) is 0 Å². The number of halogens is 1. The zero-order valence-corrected chi connectivity index (χ0v) is 16.9. The lowest BCUT2D eigenvalue weighted by molar-refractivity contribution is 0.867. The maximum atomic E-state index is 5.96. The van der Waals surface area contributed by atoms with E-state index in [1.165, 1.54) is 5.56 Å². The number of hydrogen-bond acceptors (Lipinski definition) is 4. The van der Waals surface area contributed by atoms with Crippen LogP contribution in [-0.4, -0.2) is 30.0 Å². The van der Waals surface area contributed by atoms with Crippen LogP contribution in [0.1, 0.15) is 31.0 Å². The number of nitrogens with two attached hydrogens (primary N) is 1. The summed E-state index contributed by atoms with van der Waals surface area (Å²) in [5.41, 5.74) is 8.98. The lowest BCUT2D eigenvalue weighted by Gasteiger charge is -2.11. The van der Waals surface area contributed by atoms with E-state index in [1.54, 1.807) is 6.20 Å². The molecule has 0 aliphatic rings. The molecule has 130 valence electrons. The van der Waals surface area contributed by atoms with Crippen molar-refractivity contribution in [3.05, 3.63) is 47.8 Å². The van der Waals surface area contributed by atoms with Gasteiger partial charge in [-0.1, -0.05) is 26.0 Å². The fourth-order valence-corrected chi connectivity index (χ4v) is 2.02. The van der Waals surface area contributed by atoms with Crippen LogP contribution in [0.2, 0.25) is 0 Å². The van der Waals surface area contributed by atoms with Crippen molar-refractivity contribution in [1.29, 1.82) is 0 Å². The van der Waals surface area contributed by atoms with Gasteiger partial charge in [0, 0.05) is 26.0 Å². The number of anilines is 2. The molecule has 0 aliphatic carbocycles. The molecular weight excluding hydrogens is 415 g/mol. The van der Waals surface area contributed by atoms with Gasteiger partial charge in [0.2, 0.25) is 5.95 Å². The van der Waals surface area contributed by atoms with Crippen LogP contribution in [0.25, 0.3) is 0 Å². The molecule has 6 nitrogen and oxygen atoms in total. The van der Waals surface area contributed by atoms with E-state index < -0.39 is 0 Å². The fourth-order valence-electron chi connectivity index (χ4n) is 2.02. The first kappa shape index (κ1) is 20.1. The first-order chi connectivity index (χ1) is 11.0. The van der Waals surface area contributed by atoms with Gasteiger partial charge in [-0.3, -0.25) is 0 Å². The summed E-state index contributed by atoms with van der Waals surface area (Å²) in [5, 5.41) is 3.12. The molecule has 7 heteroatoms. The molecule has 0 radical (unpaired) electrons. The minimum atomic E-state index is 0. The third-order valence-electron chi connectivity index (χ3n) is 3.34. The van der Waals surface area contributed by atoms with E-state index in [-0.39, 0.29) is 24.0 Å². The van der Waals surface area contributed by atoms with Gasteiger partial charge in [0.05, 0.1) is 12.2 Å². The van der Waals surface area contributed by atoms with Gasteiger partial charge in [-0.25, -0.2) is 15.0 Å². The van der Waals surface area contributed by atoms with Crippen molar-refractivity contribution in [3.63, 3.8) is 0 Å². The van der Waals surface area contributed by atoms with Crippen LogP contribution in [0.15, 0.2) is 41.5 Å². The summed E-state index contributed by atoms with van der Waals surface area (Å²) in [4.78, 5) is 14.8. The van der Waals surface area contributed by atoms with Gasteiger partial charge in [0.1, 0.15) is 0 Å². The molecule has 0 saturated heterocycles. The zero-order chi connectivity index (χ0) is 16.8. The summed E-state index contributed by atoms with van der Waals surface area (Å²) < 4.78 is 0. The Bertz CT molecular complexity index is 684. The fraction of sp³-hybridized carbons (Fsp3) is 0.353.